The first-order valence-corrected chi connectivity index (χ1v) is 6.14. The maximum atomic E-state index is 13.4. The van der Waals surface area contributed by atoms with Crippen LogP contribution in [0.5, 0.6) is 17.2 Å². The summed E-state index contributed by atoms with van der Waals surface area (Å²) >= 11 is 0. The van der Waals surface area contributed by atoms with Crippen LogP contribution in [0.3, 0.4) is 0 Å². The topological polar surface area (TPSA) is 53.7 Å². The second kappa shape index (κ2) is 6.65. The number of para-hydroxylation sites is 1. The van der Waals surface area contributed by atoms with E-state index in [0.29, 0.717) is 12.4 Å². The quantitative estimate of drug-likeness (QED) is 0.651. The molecule has 0 aliphatic carbocycles. The Morgan fingerprint density at radius 3 is 2.25 bits per heavy atom. The lowest BCUT2D eigenvalue weighted by Crippen LogP contribution is -2.10. The number of hydrogen-bond donors (Lipinski definition) is 1. The smallest absolute Gasteiger partial charge is 0.177 e. The van der Waals surface area contributed by atoms with Crippen molar-refractivity contribution in [3.05, 3.63) is 48.3 Å². The van der Waals surface area contributed by atoms with E-state index in [9.17, 15) is 4.39 Å². The van der Waals surface area contributed by atoms with E-state index in [1.165, 1.54) is 12.1 Å². The maximum Gasteiger partial charge on any atom is 0.177 e. The molecule has 4 nitrogen and oxygen atoms in total. The van der Waals surface area contributed by atoms with Crippen LogP contribution in [0, 0.1) is 5.82 Å². The van der Waals surface area contributed by atoms with Crippen molar-refractivity contribution in [3.63, 3.8) is 0 Å². The van der Waals surface area contributed by atoms with E-state index in [-0.39, 0.29) is 18.0 Å². The van der Waals surface area contributed by atoms with Crippen molar-refractivity contribution in [2.45, 2.75) is 0 Å². The highest BCUT2D eigenvalue weighted by Crippen LogP contribution is 2.24. The second-order valence-corrected chi connectivity index (χ2v) is 4.03. The molecule has 0 saturated heterocycles. The molecule has 0 unspecified atom stereocenters. The fourth-order valence-electron chi connectivity index (χ4n) is 1.65. The Hall–Kier alpha value is -2.43. The molecule has 0 heterocycles. The van der Waals surface area contributed by atoms with Crippen LogP contribution in [0.4, 0.5) is 10.1 Å². The maximum absolute atomic E-state index is 13.4. The van der Waals surface area contributed by atoms with Gasteiger partial charge in [-0.3, -0.25) is 0 Å². The van der Waals surface area contributed by atoms with Gasteiger partial charge < -0.3 is 19.9 Å². The minimum Gasteiger partial charge on any atom is -0.497 e. The zero-order valence-corrected chi connectivity index (χ0v) is 11.1. The minimum absolute atomic E-state index is 0.0610. The molecule has 5 heteroatoms. The molecule has 0 saturated carbocycles. The highest BCUT2D eigenvalue weighted by molar-refractivity contribution is 5.52. The van der Waals surface area contributed by atoms with Gasteiger partial charge in [0.15, 0.2) is 11.6 Å². The van der Waals surface area contributed by atoms with Crippen molar-refractivity contribution in [2.24, 2.45) is 0 Å². The van der Waals surface area contributed by atoms with Gasteiger partial charge in [0.25, 0.3) is 0 Å². The molecule has 0 aromatic heterocycles. The number of ether oxygens (including phenoxy) is 3. The van der Waals surface area contributed by atoms with Crippen LogP contribution in [0.25, 0.3) is 0 Å². The number of hydrogen-bond acceptors (Lipinski definition) is 4. The molecule has 0 fully saturated rings. The first-order chi connectivity index (χ1) is 9.70. The van der Waals surface area contributed by atoms with Gasteiger partial charge in [-0.2, -0.15) is 0 Å². The molecule has 2 N–H and O–H groups in total. The molecule has 0 radical (unpaired) electrons. The van der Waals surface area contributed by atoms with Crippen molar-refractivity contribution >= 4 is 5.69 Å². The summed E-state index contributed by atoms with van der Waals surface area (Å²) in [6.45, 7) is 0.497. The number of methoxy groups -OCH3 is 1. The number of nitrogens with two attached hydrogens (primary N) is 1. The van der Waals surface area contributed by atoms with Crippen LogP contribution >= 0.6 is 0 Å². The van der Waals surface area contributed by atoms with Gasteiger partial charge in [0, 0.05) is 0 Å². The fraction of sp³-hybridized carbons (Fsp3) is 0.200. The fourth-order valence-corrected chi connectivity index (χ4v) is 1.65. The standard InChI is InChI=1S/C15H16FNO3/c1-18-11-5-7-12(8-6-11)19-9-10-20-15-13(16)3-2-4-14(15)17/h2-8H,9-10,17H2,1H3. The van der Waals surface area contributed by atoms with Crippen LogP contribution in [0.15, 0.2) is 42.5 Å². The predicted octanol–water partition coefficient (Wildman–Crippen LogP) is 2.87. The number of nitrogen functional groups attached to an aromatic ring is 1. The molecule has 0 atom stereocenters. The van der Waals surface area contributed by atoms with E-state index in [0.717, 1.165) is 5.75 Å². The molecular weight excluding hydrogens is 261 g/mol. The Balaban J connectivity index is 1.81. The van der Waals surface area contributed by atoms with E-state index >= 15 is 0 Å². The molecule has 2 aromatic carbocycles. The van der Waals surface area contributed by atoms with Gasteiger partial charge in [0.2, 0.25) is 0 Å². The number of halogens is 1. The van der Waals surface area contributed by atoms with E-state index < -0.39 is 5.82 Å². The third-order valence-corrected chi connectivity index (χ3v) is 2.66. The van der Waals surface area contributed by atoms with E-state index in [1.54, 1.807) is 37.4 Å². The summed E-state index contributed by atoms with van der Waals surface area (Å²) in [5.41, 5.74) is 5.90. The lowest BCUT2D eigenvalue weighted by molar-refractivity contribution is 0.212. The highest BCUT2D eigenvalue weighted by atomic mass is 19.1. The summed E-state index contributed by atoms with van der Waals surface area (Å²) in [5.74, 6) is 1.03. The lowest BCUT2D eigenvalue weighted by atomic mass is 10.3. The lowest BCUT2D eigenvalue weighted by Gasteiger charge is -2.11. The first-order valence-electron chi connectivity index (χ1n) is 6.14. The Labute approximate surface area is 116 Å². The second-order valence-electron chi connectivity index (χ2n) is 4.03. The molecule has 0 spiro atoms. The molecule has 106 valence electrons. The van der Waals surface area contributed by atoms with Crippen molar-refractivity contribution in [2.75, 3.05) is 26.1 Å². The Bertz CT molecular complexity index is 537. The van der Waals surface area contributed by atoms with Gasteiger partial charge >= 0.3 is 0 Å². The molecule has 2 rings (SSSR count). The summed E-state index contributed by atoms with van der Waals surface area (Å²) < 4.78 is 29.2. The average molecular weight is 277 g/mol. The molecular formula is C15H16FNO3. The summed E-state index contributed by atoms with van der Waals surface area (Å²) in [4.78, 5) is 0. The molecule has 2 aromatic rings. The monoisotopic (exact) mass is 277 g/mol. The number of anilines is 1. The van der Waals surface area contributed by atoms with Crippen LogP contribution in [0.1, 0.15) is 0 Å². The predicted molar refractivity (Wildman–Crippen MR) is 74.8 cm³/mol. The SMILES string of the molecule is COc1ccc(OCCOc2c(N)cccc2F)cc1. The van der Waals surface area contributed by atoms with Crippen molar-refractivity contribution in [1.29, 1.82) is 0 Å². The molecule has 0 amide bonds. The molecule has 0 bridgehead atoms. The largest absolute Gasteiger partial charge is 0.497 e. The Morgan fingerprint density at radius 2 is 1.60 bits per heavy atom. The van der Waals surface area contributed by atoms with E-state index in [1.807, 2.05) is 0 Å². The third kappa shape index (κ3) is 3.54. The number of rotatable bonds is 6. The van der Waals surface area contributed by atoms with Gasteiger partial charge in [-0.25, -0.2) is 4.39 Å². The first kappa shape index (κ1) is 14.0. The summed E-state index contributed by atoms with van der Waals surface area (Å²) in [6, 6.07) is 11.6. The van der Waals surface area contributed by atoms with Crippen molar-refractivity contribution in [1.82, 2.24) is 0 Å². The van der Waals surface area contributed by atoms with Crippen LogP contribution in [-0.4, -0.2) is 20.3 Å². The third-order valence-electron chi connectivity index (χ3n) is 2.66. The highest BCUT2D eigenvalue weighted by Gasteiger charge is 2.06. The zero-order chi connectivity index (χ0) is 14.4. The normalized spacial score (nSPS) is 10.1. The summed E-state index contributed by atoms with van der Waals surface area (Å²) in [5, 5.41) is 0. The Kier molecular flexibility index (Phi) is 4.65. The van der Waals surface area contributed by atoms with Gasteiger partial charge in [0.1, 0.15) is 24.7 Å². The average Bonchev–Trinajstić information content (AvgIpc) is 2.46. The van der Waals surface area contributed by atoms with Gasteiger partial charge in [-0.05, 0) is 36.4 Å². The van der Waals surface area contributed by atoms with Crippen LogP contribution in [0.2, 0.25) is 0 Å². The minimum atomic E-state index is -0.477. The van der Waals surface area contributed by atoms with Gasteiger partial charge in [0.05, 0.1) is 12.8 Å². The van der Waals surface area contributed by atoms with Crippen LogP contribution < -0.4 is 19.9 Å². The molecule has 0 aliphatic heterocycles. The molecule has 0 aliphatic rings. The zero-order valence-electron chi connectivity index (χ0n) is 11.1. The Morgan fingerprint density at radius 1 is 0.950 bits per heavy atom. The van der Waals surface area contributed by atoms with Crippen molar-refractivity contribution in [3.8, 4) is 17.2 Å². The number of benzene rings is 2. The molecule has 20 heavy (non-hydrogen) atoms. The summed E-state index contributed by atoms with van der Waals surface area (Å²) in [7, 11) is 1.60. The van der Waals surface area contributed by atoms with Crippen LogP contribution in [-0.2, 0) is 0 Å². The van der Waals surface area contributed by atoms with E-state index in [4.69, 9.17) is 19.9 Å². The summed E-state index contributed by atoms with van der Waals surface area (Å²) in [6.07, 6.45) is 0. The van der Waals surface area contributed by atoms with Crippen molar-refractivity contribution < 1.29 is 18.6 Å². The van der Waals surface area contributed by atoms with E-state index in [2.05, 4.69) is 0 Å². The van der Waals surface area contributed by atoms with Gasteiger partial charge in [-0.15, -0.1) is 0 Å². The van der Waals surface area contributed by atoms with Gasteiger partial charge in [-0.1, -0.05) is 6.07 Å².